The van der Waals surface area contributed by atoms with E-state index in [1.165, 1.54) is 11.3 Å². The summed E-state index contributed by atoms with van der Waals surface area (Å²) in [4.78, 5) is 16.3. The normalized spacial score (nSPS) is 21.2. The number of hydrogen-bond acceptors (Lipinski definition) is 4. The average Bonchev–Trinajstić information content (AvgIpc) is 2.99. The van der Waals surface area contributed by atoms with Crippen LogP contribution in [0.4, 0.5) is 5.69 Å². The standard InChI is InChI=1S/C22H29N3O2/c1-21(2)11-14(12-22(3,4)25-21)23-19-15-6-5-7-17(15)24-18-9-8-13(20(26)27)10-16(18)19/h8-10,14,25H,5-7,11-12H2,1-4H3,(H,23,24)(H,26,27). The number of nitrogens with zero attached hydrogens (tertiary/aromatic N) is 1. The van der Waals surface area contributed by atoms with Crippen LogP contribution in [-0.4, -0.2) is 33.2 Å². The molecule has 0 saturated carbocycles. The number of benzene rings is 1. The Bertz CT molecular complexity index is 901. The molecule has 1 saturated heterocycles. The molecule has 0 unspecified atom stereocenters. The molecule has 1 aliphatic heterocycles. The van der Waals surface area contributed by atoms with Crippen molar-refractivity contribution in [1.82, 2.24) is 10.3 Å². The van der Waals surface area contributed by atoms with Crippen molar-refractivity contribution >= 4 is 22.6 Å². The molecule has 0 amide bonds. The van der Waals surface area contributed by atoms with Gasteiger partial charge >= 0.3 is 5.97 Å². The lowest BCUT2D eigenvalue weighted by Crippen LogP contribution is -2.60. The number of nitrogens with one attached hydrogen (secondary N) is 2. The number of carboxylic acids is 1. The highest BCUT2D eigenvalue weighted by Crippen LogP contribution is 2.37. The molecule has 1 aliphatic carbocycles. The van der Waals surface area contributed by atoms with Crippen LogP contribution < -0.4 is 10.6 Å². The molecule has 0 spiro atoms. The fourth-order valence-corrected chi connectivity index (χ4v) is 5.19. The van der Waals surface area contributed by atoms with Crippen LogP contribution in [0.25, 0.3) is 10.9 Å². The molecule has 144 valence electrons. The van der Waals surface area contributed by atoms with Crippen molar-refractivity contribution in [2.45, 2.75) is 76.9 Å². The number of carboxylic acid groups (broad SMARTS) is 1. The molecule has 0 radical (unpaired) electrons. The smallest absolute Gasteiger partial charge is 0.335 e. The van der Waals surface area contributed by atoms with Gasteiger partial charge in [0.15, 0.2) is 0 Å². The van der Waals surface area contributed by atoms with Crippen molar-refractivity contribution < 1.29 is 9.90 Å². The lowest BCUT2D eigenvalue weighted by atomic mass is 9.79. The summed E-state index contributed by atoms with van der Waals surface area (Å²) in [5.74, 6) is -0.896. The van der Waals surface area contributed by atoms with Crippen LogP contribution >= 0.6 is 0 Å². The number of piperidine rings is 1. The number of rotatable bonds is 3. The summed E-state index contributed by atoms with van der Waals surface area (Å²) >= 11 is 0. The van der Waals surface area contributed by atoms with Crippen molar-refractivity contribution in [2.24, 2.45) is 0 Å². The van der Waals surface area contributed by atoms with Crippen LogP contribution in [0, 0.1) is 0 Å². The zero-order valence-electron chi connectivity index (χ0n) is 16.6. The molecule has 5 heteroatoms. The van der Waals surface area contributed by atoms with Crippen LogP contribution in [-0.2, 0) is 12.8 Å². The quantitative estimate of drug-likeness (QED) is 0.760. The third-order valence-corrected chi connectivity index (χ3v) is 5.80. The first-order valence-electron chi connectivity index (χ1n) is 9.88. The Morgan fingerprint density at radius 3 is 2.56 bits per heavy atom. The van der Waals surface area contributed by atoms with Crippen molar-refractivity contribution in [2.75, 3.05) is 5.32 Å². The number of aromatic nitrogens is 1. The second-order valence-electron chi connectivity index (χ2n) is 9.44. The zero-order valence-corrected chi connectivity index (χ0v) is 16.6. The molecule has 2 aromatic rings. The van der Waals surface area contributed by atoms with Crippen molar-refractivity contribution in [3.8, 4) is 0 Å². The summed E-state index contributed by atoms with van der Waals surface area (Å²) < 4.78 is 0. The van der Waals surface area contributed by atoms with E-state index in [-0.39, 0.29) is 11.1 Å². The second-order valence-corrected chi connectivity index (χ2v) is 9.44. The summed E-state index contributed by atoms with van der Waals surface area (Å²) in [6, 6.07) is 5.61. The summed E-state index contributed by atoms with van der Waals surface area (Å²) in [6.07, 6.45) is 5.17. The molecule has 1 fully saturated rings. The maximum absolute atomic E-state index is 11.5. The Labute approximate surface area is 160 Å². The summed E-state index contributed by atoms with van der Waals surface area (Å²) in [5, 5.41) is 17.9. The molecule has 1 aromatic heterocycles. The minimum Gasteiger partial charge on any atom is -0.478 e. The topological polar surface area (TPSA) is 74.2 Å². The van der Waals surface area contributed by atoms with Crippen LogP contribution in [0.3, 0.4) is 0 Å². The number of fused-ring (bicyclic) bond motifs is 2. The first-order valence-corrected chi connectivity index (χ1v) is 9.88. The van der Waals surface area contributed by atoms with E-state index in [9.17, 15) is 9.90 Å². The van der Waals surface area contributed by atoms with E-state index < -0.39 is 5.97 Å². The molecular formula is C22H29N3O2. The van der Waals surface area contributed by atoms with Crippen LogP contribution in [0.2, 0.25) is 0 Å². The largest absolute Gasteiger partial charge is 0.478 e. The Morgan fingerprint density at radius 1 is 1.19 bits per heavy atom. The lowest BCUT2D eigenvalue weighted by molar-refractivity contribution is 0.0697. The highest BCUT2D eigenvalue weighted by molar-refractivity contribution is 5.99. The molecule has 3 N–H and O–H groups in total. The van der Waals surface area contributed by atoms with Gasteiger partial charge in [0.05, 0.1) is 11.1 Å². The summed E-state index contributed by atoms with van der Waals surface area (Å²) in [6.45, 7) is 9.00. The van der Waals surface area contributed by atoms with Crippen molar-refractivity contribution in [3.05, 3.63) is 35.0 Å². The number of aryl methyl sites for hydroxylation is 1. The average molecular weight is 367 g/mol. The predicted molar refractivity (Wildman–Crippen MR) is 109 cm³/mol. The summed E-state index contributed by atoms with van der Waals surface area (Å²) in [7, 11) is 0. The van der Waals surface area contributed by atoms with Gasteiger partial charge in [-0.05, 0) is 83.6 Å². The van der Waals surface area contributed by atoms with Crippen LogP contribution in [0.5, 0.6) is 0 Å². The van der Waals surface area contributed by atoms with Crippen molar-refractivity contribution in [1.29, 1.82) is 0 Å². The number of pyridine rings is 1. The van der Waals surface area contributed by atoms with E-state index in [2.05, 4.69) is 38.3 Å². The second kappa shape index (κ2) is 6.20. The van der Waals surface area contributed by atoms with Gasteiger partial charge in [-0.3, -0.25) is 4.98 Å². The van der Waals surface area contributed by atoms with Crippen LogP contribution in [0.15, 0.2) is 18.2 Å². The maximum atomic E-state index is 11.5. The van der Waals surface area contributed by atoms with Gasteiger partial charge in [-0.15, -0.1) is 0 Å². The molecular weight excluding hydrogens is 338 g/mol. The van der Waals surface area contributed by atoms with E-state index in [4.69, 9.17) is 4.98 Å². The Kier molecular flexibility index (Phi) is 4.18. The van der Waals surface area contributed by atoms with E-state index in [1.54, 1.807) is 12.1 Å². The zero-order chi connectivity index (χ0) is 19.4. The number of carbonyl (C=O) groups is 1. The Morgan fingerprint density at radius 2 is 1.89 bits per heavy atom. The number of aromatic carboxylic acids is 1. The van der Waals surface area contributed by atoms with Gasteiger partial charge in [0, 0.05) is 33.9 Å². The minimum absolute atomic E-state index is 0.0532. The van der Waals surface area contributed by atoms with Gasteiger partial charge < -0.3 is 15.7 Å². The molecule has 0 bridgehead atoms. The van der Waals surface area contributed by atoms with E-state index in [0.29, 0.717) is 11.6 Å². The highest BCUT2D eigenvalue weighted by atomic mass is 16.4. The number of hydrogen-bond donors (Lipinski definition) is 3. The van der Waals surface area contributed by atoms with Crippen LogP contribution in [0.1, 0.15) is 68.6 Å². The molecule has 2 aliphatic rings. The molecule has 5 nitrogen and oxygen atoms in total. The van der Waals surface area contributed by atoms with E-state index >= 15 is 0 Å². The van der Waals surface area contributed by atoms with Gasteiger partial charge in [0.25, 0.3) is 0 Å². The Hall–Kier alpha value is -2.14. The van der Waals surface area contributed by atoms with Gasteiger partial charge in [-0.2, -0.15) is 0 Å². The SMILES string of the molecule is CC1(C)CC(Nc2c3c(nc4ccc(C(=O)O)cc24)CCC3)CC(C)(C)N1. The first kappa shape index (κ1) is 18.2. The maximum Gasteiger partial charge on any atom is 0.335 e. The van der Waals surface area contributed by atoms with Gasteiger partial charge in [-0.1, -0.05) is 0 Å². The van der Waals surface area contributed by atoms with Gasteiger partial charge in [-0.25, -0.2) is 4.79 Å². The summed E-state index contributed by atoms with van der Waals surface area (Å²) in [5.41, 5.74) is 4.86. The monoisotopic (exact) mass is 367 g/mol. The lowest BCUT2D eigenvalue weighted by Gasteiger charge is -2.47. The predicted octanol–water partition coefficient (Wildman–Crippen LogP) is 4.14. The minimum atomic E-state index is -0.896. The first-order chi connectivity index (χ1) is 12.6. The molecule has 2 heterocycles. The van der Waals surface area contributed by atoms with Gasteiger partial charge in [0.2, 0.25) is 0 Å². The van der Waals surface area contributed by atoms with Gasteiger partial charge in [0.1, 0.15) is 0 Å². The fraction of sp³-hybridized carbons (Fsp3) is 0.545. The molecule has 1 aromatic carbocycles. The molecule has 27 heavy (non-hydrogen) atoms. The molecule has 4 rings (SSSR count). The Balaban J connectivity index is 1.80. The van der Waals surface area contributed by atoms with Crippen molar-refractivity contribution in [3.63, 3.8) is 0 Å². The number of anilines is 1. The third kappa shape index (κ3) is 3.53. The van der Waals surface area contributed by atoms with E-state index in [1.807, 2.05) is 6.07 Å². The highest BCUT2D eigenvalue weighted by Gasteiger charge is 2.38. The van der Waals surface area contributed by atoms with E-state index in [0.717, 1.165) is 48.7 Å². The third-order valence-electron chi connectivity index (χ3n) is 5.80. The fourth-order valence-electron chi connectivity index (χ4n) is 5.19. The molecule has 0 atom stereocenters.